The Morgan fingerprint density at radius 3 is 2.93 bits per heavy atom. The molecule has 1 amide bonds. The van der Waals surface area contributed by atoms with Gasteiger partial charge >= 0.3 is 0 Å². The van der Waals surface area contributed by atoms with Gasteiger partial charge in [0.1, 0.15) is 11.5 Å². The van der Waals surface area contributed by atoms with Gasteiger partial charge in [0.15, 0.2) is 0 Å². The first kappa shape index (κ1) is 9.06. The normalized spacial score (nSPS) is 25.5. The zero-order valence-electron chi connectivity index (χ0n) is 8.07. The van der Waals surface area contributed by atoms with Gasteiger partial charge in [0, 0.05) is 12.0 Å². The van der Waals surface area contributed by atoms with Crippen LogP contribution in [0.2, 0.25) is 0 Å². The zero-order valence-corrected chi connectivity index (χ0v) is 8.07. The Kier molecular flexibility index (Phi) is 2.15. The van der Waals surface area contributed by atoms with Gasteiger partial charge in [-0.05, 0) is 30.5 Å². The van der Waals surface area contributed by atoms with Crippen molar-refractivity contribution in [3.05, 3.63) is 29.7 Å². The fraction of sp³-hybridized carbons (Fsp3) is 0.364. The van der Waals surface area contributed by atoms with Crippen molar-refractivity contribution in [1.82, 2.24) is 0 Å². The van der Waals surface area contributed by atoms with Gasteiger partial charge in [-0.1, -0.05) is 6.92 Å². The molecule has 14 heavy (non-hydrogen) atoms. The molecule has 0 aliphatic heterocycles. The van der Waals surface area contributed by atoms with Crippen molar-refractivity contribution in [3.63, 3.8) is 0 Å². The highest BCUT2D eigenvalue weighted by Gasteiger charge is 2.36. The van der Waals surface area contributed by atoms with Crippen LogP contribution < -0.4 is 5.73 Å². The fourth-order valence-electron chi connectivity index (χ4n) is 1.54. The number of carbonyl (C=O) groups is 1. The maximum absolute atomic E-state index is 10.5. The van der Waals surface area contributed by atoms with Crippen LogP contribution in [0.15, 0.2) is 22.6 Å². The van der Waals surface area contributed by atoms with Crippen molar-refractivity contribution in [1.29, 1.82) is 0 Å². The van der Waals surface area contributed by atoms with Crippen LogP contribution in [-0.4, -0.2) is 5.91 Å². The number of rotatable bonds is 3. The molecule has 1 heterocycles. The number of nitrogens with two attached hydrogens (primary N) is 1. The molecule has 1 aliphatic carbocycles. The third-order valence-corrected chi connectivity index (χ3v) is 2.53. The van der Waals surface area contributed by atoms with E-state index >= 15 is 0 Å². The van der Waals surface area contributed by atoms with Crippen molar-refractivity contribution < 1.29 is 9.21 Å². The predicted molar refractivity (Wildman–Crippen MR) is 53.5 cm³/mol. The molecule has 0 spiro atoms. The van der Waals surface area contributed by atoms with Gasteiger partial charge in [0.2, 0.25) is 5.91 Å². The SMILES string of the molecule is CC1CC1c1ccc(C=CC(N)=O)o1. The molecule has 1 aromatic rings. The highest BCUT2D eigenvalue weighted by Crippen LogP contribution is 2.47. The van der Waals surface area contributed by atoms with Crippen LogP contribution in [0.25, 0.3) is 6.08 Å². The molecular formula is C11H13NO2. The Morgan fingerprint density at radius 1 is 1.64 bits per heavy atom. The number of carbonyl (C=O) groups excluding carboxylic acids is 1. The van der Waals surface area contributed by atoms with Crippen LogP contribution in [-0.2, 0) is 4.79 Å². The highest BCUT2D eigenvalue weighted by atomic mass is 16.3. The van der Waals surface area contributed by atoms with E-state index in [1.54, 1.807) is 6.08 Å². The second kappa shape index (κ2) is 3.33. The summed E-state index contributed by atoms with van der Waals surface area (Å²) in [6, 6.07) is 3.83. The first-order valence-corrected chi connectivity index (χ1v) is 4.74. The van der Waals surface area contributed by atoms with Gasteiger partial charge in [0.25, 0.3) is 0 Å². The van der Waals surface area contributed by atoms with Gasteiger partial charge in [-0.25, -0.2) is 0 Å². The Hall–Kier alpha value is -1.51. The summed E-state index contributed by atoms with van der Waals surface area (Å²) in [5.74, 6) is 2.56. The lowest BCUT2D eigenvalue weighted by molar-refractivity contribution is -0.113. The molecule has 1 aliphatic rings. The first-order valence-electron chi connectivity index (χ1n) is 4.74. The molecule has 2 atom stereocenters. The molecule has 1 fully saturated rings. The molecule has 74 valence electrons. The van der Waals surface area contributed by atoms with Gasteiger partial charge in [0.05, 0.1) is 0 Å². The summed E-state index contributed by atoms with van der Waals surface area (Å²) >= 11 is 0. The van der Waals surface area contributed by atoms with Gasteiger partial charge < -0.3 is 10.2 Å². The van der Waals surface area contributed by atoms with Crippen LogP contribution in [0.5, 0.6) is 0 Å². The van der Waals surface area contributed by atoms with E-state index in [0.29, 0.717) is 11.7 Å². The summed E-state index contributed by atoms with van der Waals surface area (Å²) in [7, 11) is 0. The molecule has 2 N–H and O–H groups in total. The lowest BCUT2D eigenvalue weighted by Crippen LogP contribution is -2.04. The summed E-state index contributed by atoms with van der Waals surface area (Å²) in [4.78, 5) is 10.5. The van der Waals surface area contributed by atoms with Crippen LogP contribution >= 0.6 is 0 Å². The molecule has 3 nitrogen and oxygen atoms in total. The number of hydrogen-bond donors (Lipinski definition) is 1. The Bertz CT molecular complexity index is 378. The fourth-order valence-corrected chi connectivity index (χ4v) is 1.54. The molecule has 1 aromatic heterocycles. The zero-order chi connectivity index (χ0) is 10.1. The number of hydrogen-bond acceptors (Lipinski definition) is 2. The Morgan fingerprint density at radius 2 is 2.36 bits per heavy atom. The molecule has 0 saturated heterocycles. The van der Waals surface area contributed by atoms with Gasteiger partial charge in [-0.2, -0.15) is 0 Å². The average Bonchev–Trinajstić information content (AvgIpc) is 2.68. The van der Waals surface area contributed by atoms with Crippen LogP contribution in [0.4, 0.5) is 0 Å². The number of primary amides is 1. The number of furan rings is 1. The molecule has 0 aromatic carbocycles. The maximum atomic E-state index is 10.5. The van der Waals surface area contributed by atoms with Crippen molar-refractivity contribution in [2.45, 2.75) is 19.3 Å². The largest absolute Gasteiger partial charge is 0.461 e. The summed E-state index contributed by atoms with van der Waals surface area (Å²) in [5.41, 5.74) is 4.97. The lowest BCUT2D eigenvalue weighted by Gasteiger charge is -1.89. The number of amides is 1. The van der Waals surface area contributed by atoms with E-state index in [-0.39, 0.29) is 0 Å². The van der Waals surface area contributed by atoms with Gasteiger partial charge in [-0.3, -0.25) is 4.79 Å². The van der Waals surface area contributed by atoms with E-state index in [2.05, 4.69) is 6.92 Å². The van der Waals surface area contributed by atoms with Gasteiger partial charge in [-0.15, -0.1) is 0 Å². The smallest absolute Gasteiger partial charge is 0.241 e. The maximum Gasteiger partial charge on any atom is 0.241 e. The lowest BCUT2D eigenvalue weighted by atomic mass is 10.3. The van der Waals surface area contributed by atoms with E-state index in [4.69, 9.17) is 10.2 Å². The van der Waals surface area contributed by atoms with E-state index in [1.807, 2.05) is 12.1 Å². The highest BCUT2D eigenvalue weighted by molar-refractivity contribution is 5.89. The minimum atomic E-state index is -0.456. The minimum absolute atomic E-state index is 0.456. The molecule has 0 radical (unpaired) electrons. The molecule has 3 heteroatoms. The first-order chi connectivity index (χ1) is 6.66. The quantitative estimate of drug-likeness (QED) is 0.742. The third-order valence-electron chi connectivity index (χ3n) is 2.53. The van der Waals surface area contributed by atoms with Crippen molar-refractivity contribution in [2.75, 3.05) is 0 Å². The van der Waals surface area contributed by atoms with E-state index < -0.39 is 5.91 Å². The Labute approximate surface area is 82.6 Å². The molecule has 2 unspecified atom stereocenters. The topological polar surface area (TPSA) is 56.2 Å². The molecule has 0 bridgehead atoms. The molecular weight excluding hydrogens is 178 g/mol. The summed E-state index contributed by atoms with van der Waals surface area (Å²) in [6.07, 6.45) is 4.10. The monoisotopic (exact) mass is 191 g/mol. The molecule has 2 rings (SSSR count). The van der Waals surface area contributed by atoms with E-state index in [9.17, 15) is 4.79 Å². The Balaban J connectivity index is 2.06. The summed E-state index contributed by atoms with van der Waals surface area (Å²) in [5, 5.41) is 0. The van der Waals surface area contributed by atoms with Crippen molar-refractivity contribution in [3.8, 4) is 0 Å². The minimum Gasteiger partial charge on any atom is -0.461 e. The van der Waals surface area contributed by atoms with Crippen LogP contribution in [0, 0.1) is 5.92 Å². The van der Waals surface area contributed by atoms with Crippen LogP contribution in [0.1, 0.15) is 30.8 Å². The summed E-state index contributed by atoms with van der Waals surface area (Å²) in [6.45, 7) is 2.20. The van der Waals surface area contributed by atoms with E-state index in [1.165, 1.54) is 12.5 Å². The second-order valence-corrected chi connectivity index (χ2v) is 3.80. The van der Waals surface area contributed by atoms with Crippen molar-refractivity contribution >= 4 is 12.0 Å². The van der Waals surface area contributed by atoms with Crippen LogP contribution in [0.3, 0.4) is 0 Å². The third kappa shape index (κ3) is 1.87. The van der Waals surface area contributed by atoms with Crippen molar-refractivity contribution in [2.24, 2.45) is 11.7 Å². The standard InChI is InChI=1S/C11H13NO2/c1-7-6-9(7)10-4-2-8(14-10)3-5-11(12)13/h2-5,7,9H,6H2,1H3,(H2,12,13). The summed E-state index contributed by atoms with van der Waals surface area (Å²) < 4.78 is 5.53. The van der Waals surface area contributed by atoms with E-state index in [0.717, 1.165) is 11.7 Å². The second-order valence-electron chi connectivity index (χ2n) is 3.80. The molecule has 1 saturated carbocycles. The average molecular weight is 191 g/mol. The predicted octanol–water partition coefficient (Wildman–Crippen LogP) is 1.90.